The Morgan fingerprint density at radius 1 is 1.29 bits per heavy atom. The largest absolute Gasteiger partial charge is 0.497 e. The number of hydrogen-bond donors (Lipinski definition) is 2. The van der Waals surface area contributed by atoms with Gasteiger partial charge in [0.15, 0.2) is 0 Å². The van der Waals surface area contributed by atoms with E-state index in [-0.39, 0.29) is 6.04 Å². The highest BCUT2D eigenvalue weighted by molar-refractivity contribution is 9.10. The third-order valence-corrected chi connectivity index (χ3v) is 3.51. The molecule has 1 aromatic carbocycles. The van der Waals surface area contributed by atoms with Crippen molar-refractivity contribution >= 4 is 15.9 Å². The van der Waals surface area contributed by atoms with Crippen molar-refractivity contribution in [2.45, 2.75) is 11.6 Å². The van der Waals surface area contributed by atoms with Gasteiger partial charge in [0.05, 0.1) is 12.6 Å². The fraction of sp³-hybridized carbons (Fsp3) is 0.231. The van der Waals surface area contributed by atoms with Gasteiger partial charge in [0.2, 0.25) is 0 Å². The lowest BCUT2D eigenvalue weighted by molar-refractivity contribution is 0.293. The Bertz CT molecular complexity index is 467. The first-order valence-corrected chi connectivity index (χ1v) is 6.11. The van der Waals surface area contributed by atoms with Crippen molar-refractivity contribution in [3.63, 3.8) is 0 Å². The van der Waals surface area contributed by atoms with Crippen LogP contribution in [0, 0.1) is 0 Å². The Hall–Kier alpha value is -1.10. The van der Waals surface area contributed by atoms with Gasteiger partial charge in [-0.1, -0.05) is 34.1 Å². The van der Waals surface area contributed by atoms with E-state index in [4.69, 9.17) is 16.2 Å². The maximum absolute atomic E-state index is 6.39. The molecule has 1 aliphatic carbocycles. The second-order valence-corrected chi connectivity index (χ2v) is 4.99. The Morgan fingerprint density at radius 2 is 1.94 bits per heavy atom. The highest BCUT2D eigenvalue weighted by Gasteiger charge is 2.33. The van der Waals surface area contributed by atoms with Crippen LogP contribution in [-0.2, 0) is 10.3 Å². The van der Waals surface area contributed by atoms with Gasteiger partial charge in [-0.05, 0) is 29.8 Å². The predicted molar refractivity (Wildman–Crippen MR) is 72.2 cm³/mol. The summed E-state index contributed by atoms with van der Waals surface area (Å²) in [5.41, 5.74) is 12.7. The fourth-order valence-electron chi connectivity index (χ4n) is 1.88. The van der Waals surface area contributed by atoms with Crippen LogP contribution in [0.5, 0.6) is 0 Å². The number of benzene rings is 1. The van der Waals surface area contributed by atoms with Gasteiger partial charge in [0.25, 0.3) is 0 Å². The van der Waals surface area contributed by atoms with E-state index in [9.17, 15) is 0 Å². The van der Waals surface area contributed by atoms with Gasteiger partial charge in [-0.15, -0.1) is 0 Å². The number of ether oxygens (including phenoxy) is 1. The normalized spacial score (nSPS) is 27.8. The minimum Gasteiger partial charge on any atom is -0.497 e. The summed E-state index contributed by atoms with van der Waals surface area (Å²) < 4.78 is 6.22. The molecule has 0 saturated heterocycles. The van der Waals surface area contributed by atoms with Crippen LogP contribution >= 0.6 is 15.9 Å². The molecule has 0 radical (unpaired) electrons. The summed E-state index contributed by atoms with van der Waals surface area (Å²) >= 11 is 3.40. The average Bonchev–Trinajstić information content (AvgIpc) is 2.33. The Morgan fingerprint density at radius 3 is 2.53 bits per heavy atom. The number of allylic oxidation sites excluding steroid dienone is 1. The summed E-state index contributed by atoms with van der Waals surface area (Å²) in [6.45, 7) is 0. The quantitative estimate of drug-likeness (QED) is 0.877. The predicted octanol–water partition coefficient (Wildman–Crippen LogP) is 2.03. The van der Waals surface area contributed by atoms with Crippen molar-refractivity contribution in [2.24, 2.45) is 11.5 Å². The van der Waals surface area contributed by atoms with Crippen LogP contribution in [0.25, 0.3) is 0 Å². The fourth-order valence-corrected chi connectivity index (χ4v) is 2.14. The van der Waals surface area contributed by atoms with Crippen LogP contribution in [0.2, 0.25) is 0 Å². The monoisotopic (exact) mass is 294 g/mol. The molecule has 4 heteroatoms. The van der Waals surface area contributed by atoms with Gasteiger partial charge >= 0.3 is 0 Å². The van der Waals surface area contributed by atoms with E-state index in [0.29, 0.717) is 0 Å². The molecule has 0 saturated carbocycles. The van der Waals surface area contributed by atoms with Gasteiger partial charge in [-0.3, -0.25) is 0 Å². The smallest absolute Gasteiger partial charge is 0.116 e. The highest BCUT2D eigenvalue weighted by atomic mass is 79.9. The van der Waals surface area contributed by atoms with Crippen LogP contribution in [0.1, 0.15) is 5.56 Å². The van der Waals surface area contributed by atoms with Crippen molar-refractivity contribution in [3.8, 4) is 0 Å². The van der Waals surface area contributed by atoms with Crippen LogP contribution < -0.4 is 11.5 Å². The molecule has 3 nitrogen and oxygen atoms in total. The van der Waals surface area contributed by atoms with E-state index in [1.165, 1.54) is 0 Å². The van der Waals surface area contributed by atoms with Gasteiger partial charge < -0.3 is 16.2 Å². The van der Waals surface area contributed by atoms with Gasteiger partial charge in [0.1, 0.15) is 5.76 Å². The molecule has 2 unspecified atom stereocenters. The first kappa shape index (κ1) is 12.4. The lowest BCUT2D eigenvalue weighted by Gasteiger charge is -2.34. The average molecular weight is 295 g/mol. The van der Waals surface area contributed by atoms with Crippen LogP contribution in [0.3, 0.4) is 0 Å². The van der Waals surface area contributed by atoms with Crippen molar-refractivity contribution in [1.29, 1.82) is 0 Å². The molecular weight excluding hydrogens is 280 g/mol. The molecule has 1 aliphatic rings. The molecule has 0 fully saturated rings. The summed E-state index contributed by atoms with van der Waals surface area (Å²) in [6, 6.07) is 7.58. The second-order valence-electron chi connectivity index (χ2n) is 4.08. The van der Waals surface area contributed by atoms with Crippen LogP contribution in [0.4, 0.5) is 0 Å². The van der Waals surface area contributed by atoms with E-state index in [0.717, 1.165) is 15.8 Å². The van der Waals surface area contributed by atoms with Crippen molar-refractivity contribution in [1.82, 2.24) is 0 Å². The summed E-state index contributed by atoms with van der Waals surface area (Å²) in [5.74, 6) is 0.733. The van der Waals surface area contributed by atoms with Crippen molar-refractivity contribution in [2.75, 3.05) is 7.11 Å². The third kappa shape index (κ3) is 2.29. The maximum Gasteiger partial charge on any atom is 0.116 e. The van der Waals surface area contributed by atoms with Crippen LogP contribution in [-0.4, -0.2) is 13.2 Å². The Kier molecular flexibility index (Phi) is 3.38. The Labute approximate surface area is 109 Å². The summed E-state index contributed by atoms with van der Waals surface area (Å²) in [6.07, 6.45) is 5.57. The van der Waals surface area contributed by atoms with Crippen molar-refractivity contribution < 1.29 is 4.74 Å². The van der Waals surface area contributed by atoms with Gasteiger partial charge in [0, 0.05) is 10.5 Å². The maximum atomic E-state index is 6.39. The number of nitrogens with two attached hydrogens (primary N) is 2. The zero-order valence-electron chi connectivity index (χ0n) is 9.56. The van der Waals surface area contributed by atoms with Crippen molar-refractivity contribution in [3.05, 3.63) is 58.3 Å². The molecule has 0 spiro atoms. The second kappa shape index (κ2) is 4.64. The van der Waals surface area contributed by atoms with Crippen LogP contribution in [0.15, 0.2) is 52.7 Å². The number of hydrogen-bond acceptors (Lipinski definition) is 3. The minimum absolute atomic E-state index is 0.262. The molecule has 0 aromatic heterocycles. The minimum atomic E-state index is -0.721. The molecule has 2 atom stereocenters. The Balaban J connectivity index is 2.44. The van der Waals surface area contributed by atoms with E-state index >= 15 is 0 Å². The van der Waals surface area contributed by atoms with Gasteiger partial charge in [-0.25, -0.2) is 0 Å². The molecule has 0 aliphatic heterocycles. The first-order valence-electron chi connectivity index (χ1n) is 5.32. The summed E-state index contributed by atoms with van der Waals surface area (Å²) in [7, 11) is 1.62. The number of rotatable bonds is 2. The van der Waals surface area contributed by atoms with E-state index in [1.54, 1.807) is 7.11 Å². The lowest BCUT2D eigenvalue weighted by Crippen LogP contribution is -2.51. The molecule has 90 valence electrons. The topological polar surface area (TPSA) is 61.3 Å². The SMILES string of the molecule is COC1=CC(N)(c2ccc(Br)cc2)C(N)C=C1. The molecule has 1 aromatic rings. The molecular formula is C13H15BrN2O. The van der Waals surface area contributed by atoms with Gasteiger partial charge in [-0.2, -0.15) is 0 Å². The van der Waals surface area contributed by atoms with E-state index in [1.807, 2.05) is 42.5 Å². The molecule has 4 N–H and O–H groups in total. The standard InChI is InChI=1S/C13H15BrN2O/c1-17-11-6-7-12(15)13(16,8-11)9-2-4-10(14)5-3-9/h2-8,12H,15-16H2,1H3. The molecule has 17 heavy (non-hydrogen) atoms. The summed E-state index contributed by atoms with van der Waals surface area (Å²) in [5, 5.41) is 0. The first-order chi connectivity index (χ1) is 8.06. The number of halogens is 1. The summed E-state index contributed by atoms with van der Waals surface area (Å²) in [4.78, 5) is 0. The number of methoxy groups -OCH3 is 1. The zero-order valence-corrected chi connectivity index (χ0v) is 11.1. The molecule has 0 heterocycles. The third-order valence-electron chi connectivity index (χ3n) is 2.98. The van der Waals surface area contributed by atoms with E-state index < -0.39 is 5.54 Å². The highest BCUT2D eigenvalue weighted by Crippen LogP contribution is 2.29. The molecule has 2 rings (SSSR count). The zero-order chi connectivity index (χ0) is 12.5. The molecule has 0 bridgehead atoms. The lowest BCUT2D eigenvalue weighted by atomic mass is 9.81. The molecule has 0 amide bonds. The van der Waals surface area contributed by atoms with E-state index in [2.05, 4.69) is 15.9 Å².